The number of hydrogen-bond donors (Lipinski definition) is 2. The summed E-state index contributed by atoms with van der Waals surface area (Å²) in [6.45, 7) is 0.661. The molecule has 1 aromatic heterocycles. The summed E-state index contributed by atoms with van der Waals surface area (Å²) in [6, 6.07) is 1.69. The molecule has 0 aliphatic heterocycles. The van der Waals surface area contributed by atoms with E-state index in [1.165, 1.54) is 11.3 Å². The van der Waals surface area contributed by atoms with Gasteiger partial charge in [-0.2, -0.15) is 0 Å². The average Bonchev–Trinajstić information content (AvgIpc) is 2.65. The molecular formula is C11H17BrN2O3S2. The van der Waals surface area contributed by atoms with E-state index in [-0.39, 0.29) is 12.1 Å². The number of hydrogen-bond acceptors (Lipinski definition) is 5. The number of rotatable bonds is 6. The van der Waals surface area contributed by atoms with Crippen molar-refractivity contribution >= 4 is 37.3 Å². The van der Waals surface area contributed by atoms with Crippen LogP contribution in [0, 0.1) is 0 Å². The highest BCUT2D eigenvalue weighted by Crippen LogP contribution is 2.33. The number of halogens is 1. The SMILES string of the molecule is CNCc1cc(S(=O)(=O)NC2CC(OC)C2)c(Br)s1. The molecule has 0 atom stereocenters. The van der Waals surface area contributed by atoms with E-state index < -0.39 is 10.0 Å². The molecule has 0 aromatic carbocycles. The first-order valence-electron chi connectivity index (χ1n) is 5.94. The van der Waals surface area contributed by atoms with E-state index in [1.807, 2.05) is 7.05 Å². The monoisotopic (exact) mass is 368 g/mol. The van der Waals surface area contributed by atoms with Gasteiger partial charge < -0.3 is 10.1 Å². The lowest BCUT2D eigenvalue weighted by atomic mass is 9.90. The molecule has 0 saturated heterocycles. The third kappa shape index (κ3) is 3.56. The summed E-state index contributed by atoms with van der Waals surface area (Å²) >= 11 is 4.76. The van der Waals surface area contributed by atoms with Crippen LogP contribution in [-0.4, -0.2) is 34.7 Å². The lowest BCUT2D eigenvalue weighted by molar-refractivity contribution is 0.0236. The van der Waals surface area contributed by atoms with Crippen molar-refractivity contribution in [2.75, 3.05) is 14.2 Å². The number of ether oxygens (including phenoxy) is 1. The van der Waals surface area contributed by atoms with E-state index in [9.17, 15) is 8.42 Å². The number of nitrogens with one attached hydrogen (secondary N) is 2. The number of thiophene rings is 1. The fourth-order valence-electron chi connectivity index (χ4n) is 1.98. The minimum Gasteiger partial charge on any atom is -0.381 e. The van der Waals surface area contributed by atoms with Crippen LogP contribution in [0.1, 0.15) is 17.7 Å². The van der Waals surface area contributed by atoms with Crippen LogP contribution in [-0.2, 0) is 21.3 Å². The van der Waals surface area contributed by atoms with Crippen molar-refractivity contribution in [3.63, 3.8) is 0 Å². The third-order valence-corrected chi connectivity index (χ3v) is 6.87. The van der Waals surface area contributed by atoms with Crippen molar-refractivity contribution in [1.82, 2.24) is 10.0 Å². The molecule has 1 fully saturated rings. The molecule has 0 bridgehead atoms. The zero-order valence-electron chi connectivity index (χ0n) is 10.8. The maximum atomic E-state index is 12.3. The van der Waals surface area contributed by atoms with Crippen LogP contribution >= 0.6 is 27.3 Å². The van der Waals surface area contributed by atoms with Gasteiger partial charge in [-0.3, -0.25) is 0 Å². The largest absolute Gasteiger partial charge is 0.381 e. The van der Waals surface area contributed by atoms with Crippen LogP contribution in [0.25, 0.3) is 0 Å². The van der Waals surface area contributed by atoms with Gasteiger partial charge in [0, 0.05) is 24.6 Å². The zero-order chi connectivity index (χ0) is 14.0. The summed E-state index contributed by atoms with van der Waals surface area (Å²) in [7, 11) is 0.0304. The molecule has 1 aliphatic carbocycles. The average molecular weight is 369 g/mol. The van der Waals surface area contributed by atoms with Crippen molar-refractivity contribution in [1.29, 1.82) is 0 Å². The fourth-order valence-corrected chi connectivity index (χ4v) is 5.94. The summed E-state index contributed by atoms with van der Waals surface area (Å²) < 4.78 is 33.1. The van der Waals surface area contributed by atoms with E-state index in [1.54, 1.807) is 13.2 Å². The highest BCUT2D eigenvalue weighted by Gasteiger charge is 2.33. The smallest absolute Gasteiger partial charge is 0.242 e. The normalized spacial score (nSPS) is 23.3. The second kappa shape index (κ2) is 6.19. The standard InChI is InChI=1S/C11H17BrN2O3S2/c1-13-6-9-5-10(11(12)18-9)19(15,16)14-7-3-8(4-7)17-2/h5,7-8,13-14H,3-4,6H2,1-2H3. The fraction of sp³-hybridized carbons (Fsp3) is 0.636. The van der Waals surface area contributed by atoms with Gasteiger partial charge in [0.15, 0.2) is 0 Å². The molecule has 2 N–H and O–H groups in total. The van der Waals surface area contributed by atoms with E-state index in [0.29, 0.717) is 15.2 Å². The van der Waals surface area contributed by atoms with Crippen LogP contribution in [0.2, 0.25) is 0 Å². The summed E-state index contributed by atoms with van der Waals surface area (Å²) in [5.41, 5.74) is 0. The Labute approximate surface area is 125 Å². The van der Waals surface area contributed by atoms with Gasteiger partial charge in [0.1, 0.15) is 4.90 Å². The first kappa shape index (κ1) is 15.4. The maximum absolute atomic E-state index is 12.3. The molecule has 108 valence electrons. The highest BCUT2D eigenvalue weighted by atomic mass is 79.9. The molecule has 0 radical (unpaired) electrons. The van der Waals surface area contributed by atoms with Crippen molar-refractivity contribution in [2.45, 2.75) is 36.4 Å². The van der Waals surface area contributed by atoms with Crippen LogP contribution in [0.5, 0.6) is 0 Å². The van der Waals surface area contributed by atoms with Crippen LogP contribution in [0.3, 0.4) is 0 Å². The van der Waals surface area contributed by atoms with Crippen molar-refractivity contribution < 1.29 is 13.2 Å². The van der Waals surface area contributed by atoms with Crippen LogP contribution in [0.15, 0.2) is 14.7 Å². The second-order valence-corrected chi connectivity index (χ2v) is 8.67. The summed E-state index contributed by atoms with van der Waals surface area (Å²) in [5.74, 6) is 0. The van der Waals surface area contributed by atoms with Crippen LogP contribution in [0.4, 0.5) is 0 Å². The molecule has 8 heteroatoms. The molecule has 0 unspecified atom stereocenters. The lowest BCUT2D eigenvalue weighted by Gasteiger charge is -2.34. The Morgan fingerprint density at radius 2 is 2.21 bits per heavy atom. The third-order valence-electron chi connectivity index (χ3n) is 3.10. The molecule has 5 nitrogen and oxygen atoms in total. The first-order chi connectivity index (χ1) is 8.96. The molecule has 19 heavy (non-hydrogen) atoms. The molecule has 2 rings (SSSR count). The highest BCUT2D eigenvalue weighted by molar-refractivity contribution is 9.11. The van der Waals surface area contributed by atoms with Gasteiger partial charge in [0.2, 0.25) is 10.0 Å². The Kier molecular flexibility index (Phi) is 5.02. The van der Waals surface area contributed by atoms with E-state index in [0.717, 1.165) is 17.7 Å². The van der Waals surface area contributed by atoms with E-state index in [4.69, 9.17) is 4.74 Å². The van der Waals surface area contributed by atoms with Gasteiger partial charge in [0.25, 0.3) is 0 Å². The molecule has 1 saturated carbocycles. The minimum absolute atomic E-state index is 0.0190. The van der Waals surface area contributed by atoms with Gasteiger partial charge >= 0.3 is 0 Å². The quantitative estimate of drug-likeness (QED) is 0.801. The Morgan fingerprint density at radius 1 is 1.53 bits per heavy atom. The number of sulfonamides is 1. The predicted octanol–water partition coefficient (Wildman–Crippen LogP) is 1.69. The topological polar surface area (TPSA) is 67.4 Å². The Bertz CT molecular complexity index is 538. The summed E-state index contributed by atoms with van der Waals surface area (Å²) in [4.78, 5) is 1.31. The van der Waals surface area contributed by atoms with Crippen molar-refractivity contribution in [3.05, 3.63) is 14.7 Å². The Balaban J connectivity index is 2.07. The van der Waals surface area contributed by atoms with Gasteiger partial charge in [-0.15, -0.1) is 11.3 Å². The maximum Gasteiger partial charge on any atom is 0.242 e. The molecule has 0 spiro atoms. The zero-order valence-corrected chi connectivity index (χ0v) is 14.0. The molecule has 1 aromatic rings. The predicted molar refractivity (Wildman–Crippen MR) is 78.9 cm³/mol. The molecule has 0 amide bonds. The van der Waals surface area contributed by atoms with Gasteiger partial charge in [-0.25, -0.2) is 13.1 Å². The summed E-state index contributed by atoms with van der Waals surface area (Å²) in [6.07, 6.45) is 1.65. The van der Waals surface area contributed by atoms with E-state index in [2.05, 4.69) is 26.0 Å². The van der Waals surface area contributed by atoms with E-state index >= 15 is 0 Å². The lowest BCUT2D eigenvalue weighted by Crippen LogP contribution is -2.47. The Morgan fingerprint density at radius 3 is 2.79 bits per heavy atom. The van der Waals surface area contributed by atoms with Gasteiger partial charge in [-0.1, -0.05) is 0 Å². The molecular weight excluding hydrogens is 352 g/mol. The molecule has 1 aliphatic rings. The second-order valence-electron chi connectivity index (χ2n) is 4.53. The molecule has 1 heterocycles. The minimum atomic E-state index is -3.45. The van der Waals surface area contributed by atoms with Crippen molar-refractivity contribution in [3.8, 4) is 0 Å². The van der Waals surface area contributed by atoms with Gasteiger partial charge in [-0.05, 0) is 41.9 Å². The van der Waals surface area contributed by atoms with Crippen LogP contribution < -0.4 is 10.0 Å². The summed E-state index contributed by atoms with van der Waals surface area (Å²) in [5, 5.41) is 3.01. The Hall–Kier alpha value is 0.01000. The first-order valence-corrected chi connectivity index (χ1v) is 9.03. The van der Waals surface area contributed by atoms with Gasteiger partial charge in [0.05, 0.1) is 9.89 Å². The van der Waals surface area contributed by atoms with Crippen molar-refractivity contribution in [2.24, 2.45) is 0 Å². The number of methoxy groups -OCH3 is 1.